The summed E-state index contributed by atoms with van der Waals surface area (Å²) in [5.74, 6) is -3.52. The Balaban J connectivity index is 1.54. The maximum Gasteiger partial charge on any atom is 0.262 e. The van der Waals surface area contributed by atoms with E-state index in [1.807, 2.05) is 30.3 Å². The molecule has 3 aromatic rings. The number of carbonyl (C=O) groups excluding carboxylic acids is 1. The Bertz CT molecular complexity index is 931. The van der Waals surface area contributed by atoms with Crippen molar-refractivity contribution in [2.75, 3.05) is 11.9 Å². The van der Waals surface area contributed by atoms with Gasteiger partial charge in [-0.15, -0.1) is 0 Å². The summed E-state index contributed by atoms with van der Waals surface area (Å²) in [6.07, 6.45) is 0. The van der Waals surface area contributed by atoms with E-state index in [9.17, 15) is 18.0 Å². The molecule has 0 saturated heterocycles. The first-order valence-corrected chi connectivity index (χ1v) is 7.92. The van der Waals surface area contributed by atoms with Crippen molar-refractivity contribution < 1.29 is 27.4 Å². The monoisotopic (exact) mass is 373 g/mol. The lowest BCUT2D eigenvalue weighted by molar-refractivity contribution is -0.118. The molecule has 3 aromatic carbocycles. The highest BCUT2D eigenvalue weighted by atomic mass is 19.2. The molecule has 4 nitrogen and oxygen atoms in total. The molecular weight excluding hydrogens is 359 g/mol. The van der Waals surface area contributed by atoms with Crippen LogP contribution in [0.25, 0.3) is 0 Å². The normalized spacial score (nSPS) is 10.3. The molecule has 0 aliphatic heterocycles. The van der Waals surface area contributed by atoms with Gasteiger partial charge in [0, 0.05) is 0 Å². The smallest absolute Gasteiger partial charge is 0.262 e. The lowest BCUT2D eigenvalue weighted by atomic mass is 10.3. The lowest BCUT2D eigenvalue weighted by Crippen LogP contribution is -2.21. The first-order chi connectivity index (χ1) is 13.0. The number of para-hydroxylation sites is 1. The van der Waals surface area contributed by atoms with Gasteiger partial charge in [-0.25, -0.2) is 13.2 Å². The third-order valence-electron chi connectivity index (χ3n) is 3.48. The van der Waals surface area contributed by atoms with Crippen LogP contribution < -0.4 is 14.8 Å². The molecule has 0 fully saturated rings. The van der Waals surface area contributed by atoms with Crippen molar-refractivity contribution in [2.45, 2.75) is 0 Å². The number of rotatable bonds is 6. The number of anilines is 1. The summed E-state index contributed by atoms with van der Waals surface area (Å²) < 4.78 is 50.5. The Morgan fingerprint density at radius 3 is 2.11 bits per heavy atom. The van der Waals surface area contributed by atoms with Crippen LogP contribution in [0.5, 0.6) is 17.2 Å². The summed E-state index contributed by atoms with van der Waals surface area (Å²) in [7, 11) is 0. The van der Waals surface area contributed by atoms with Crippen molar-refractivity contribution >= 4 is 11.6 Å². The predicted octanol–water partition coefficient (Wildman–Crippen LogP) is 4.91. The van der Waals surface area contributed by atoms with Crippen LogP contribution in [0.3, 0.4) is 0 Å². The third kappa shape index (κ3) is 4.78. The maximum absolute atomic E-state index is 13.5. The van der Waals surface area contributed by atoms with Gasteiger partial charge in [0.1, 0.15) is 17.2 Å². The zero-order valence-corrected chi connectivity index (χ0v) is 13.9. The topological polar surface area (TPSA) is 47.6 Å². The Labute approximate surface area is 153 Å². The van der Waals surface area contributed by atoms with Crippen molar-refractivity contribution in [2.24, 2.45) is 0 Å². The van der Waals surface area contributed by atoms with Gasteiger partial charge in [0.05, 0.1) is 5.69 Å². The zero-order valence-electron chi connectivity index (χ0n) is 13.9. The molecule has 0 spiro atoms. The van der Waals surface area contributed by atoms with E-state index < -0.39 is 35.7 Å². The van der Waals surface area contributed by atoms with Crippen LogP contribution in [0, 0.1) is 17.5 Å². The van der Waals surface area contributed by atoms with Gasteiger partial charge in [-0.2, -0.15) is 0 Å². The molecule has 1 N–H and O–H groups in total. The highest BCUT2D eigenvalue weighted by Crippen LogP contribution is 2.24. The van der Waals surface area contributed by atoms with Gasteiger partial charge >= 0.3 is 0 Å². The zero-order chi connectivity index (χ0) is 19.2. The number of carbonyl (C=O) groups is 1. The van der Waals surface area contributed by atoms with Crippen molar-refractivity contribution in [1.82, 2.24) is 0 Å². The second-order valence-corrected chi connectivity index (χ2v) is 5.45. The van der Waals surface area contributed by atoms with E-state index in [4.69, 9.17) is 9.47 Å². The Morgan fingerprint density at radius 2 is 1.41 bits per heavy atom. The summed E-state index contributed by atoms with van der Waals surface area (Å²) >= 11 is 0. The molecule has 0 aromatic heterocycles. The molecule has 1 amide bonds. The fourth-order valence-electron chi connectivity index (χ4n) is 2.19. The number of nitrogens with one attached hydrogen (secondary N) is 1. The van der Waals surface area contributed by atoms with Crippen LogP contribution in [0.1, 0.15) is 0 Å². The maximum atomic E-state index is 13.5. The molecule has 0 saturated carbocycles. The number of hydrogen-bond donors (Lipinski definition) is 1. The number of amides is 1. The van der Waals surface area contributed by atoms with Gasteiger partial charge in [0.2, 0.25) is 0 Å². The highest BCUT2D eigenvalue weighted by Gasteiger charge is 2.15. The van der Waals surface area contributed by atoms with Crippen molar-refractivity contribution in [3.05, 3.63) is 84.2 Å². The second-order valence-electron chi connectivity index (χ2n) is 5.45. The van der Waals surface area contributed by atoms with Crippen LogP contribution in [-0.2, 0) is 4.79 Å². The quantitative estimate of drug-likeness (QED) is 0.625. The minimum atomic E-state index is -1.65. The van der Waals surface area contributed by atoms with Crippen LogP contribution in [0.4, 0.5) is 18.9 Å². The molecule has 0 bridgehead atoms. The minimum Gasteiger partial charge on any atom is -0.484 e. The fraction of sp³-hybridized carbons (Fsp3) is 0.0500. The van der Waals surface area contributed by atoms with E-state index in [0.717, 1.165) is 12.1 Å². The Morgan fingerprint density at radius 1 is 0.778 bits per heavy atom. The minimum absolute atomic E-state index is 0.385. The van der Waals surface area contributed by atoms with Crippen molar-refractivity contribution in [3.8, 4) is 17.2 Å². The van der Waals surface area contributed by atoms with Gasteiger partial charge in [-0.1, -0.05) is 18.2 Å². The van der Waals surface area contributed by atoms with E-state index in [-0.39, 0.29) is 0 Å². The molecule has 7 heteroatoms. The van der Waals surface area contributed by atoms with E-state index in [1.54, 1.807) is 24.3 Å². The van der Waals surface area contributed by atoms with Crippen LogP contribution in [0.2, 0.25) is 0 Å². The third-order valence-corrected chi connectivity index (χ3v) is 3.48. The highest BCUT2D eigenvalue weighted by molar-refractivity contribution is 5.92. The summed E-state index contributed by atoms with van der Waals surface area (Å²) in [6.45, 7) is -0.433. The molecular formula is C20H14F3NO3. The molecule has 0 atom stereocenters. The average molecular weight is 373 g/mol. The molecule has 0 radical (unpaired) electrons. The van der Waals surface area contributed by atoms with Crippen molar-refractivity contribution in [3.63, 3.8) is 0 Å². The average Bonchev–Trinajstić information content (AvgIpc) is 2.69. The first-order valence-electron chi connectivity index (χ1n) is 7.92. The van der Waals surface area contributed by atoms with Crippen LogP contribution >= 0.6 is 0 Å². The van der Waals surface area contributed by atoms with Crippen LogP contribution in [0.15, 0.2) is 66.7 Å². The van der Waals surface area contributed by atoms with E-state index in [2.05, 4.69) is 5.32 Å². The SMILES string of the molecule is O=C(COc1ccc(Oc2ccccc2)cc1)Nc1ccc(F)c(F)c1F. The van der Waals surface area contributed by atoms with Gasteiger partial charge in [0.25, 0.3) is 5.91 Å². The fourth-order valence-corrected chi connectivity index (χ4v) is 2.19. The van der Waals surface area contributed by atoms with Gasteiger partial charge in [-0.05, 0) is 48.5 Å². The molecule has 0 aliphatic rings. The summed E-state index contributed by atoms with van der Waals surface area (Å²) in [6, 6.07) is 17.4. The Kier molecular flexibility index (Phi) is 5.61. The molecule has 0 aliphatic carbocycles. The molecule has 27 heavy (non-hydrogen) atoms. The molecule has 3 rings (SSSR count). The molecule has 138 valence electrons. The van der Waals surface area contributed by atoms with Gasteiger partial charge < -0.3 is 14.8 Å². The number of benzene rings is 3. The van der Waals surface area contributed by atoms with Gasteiger partial charge in [0.15, 0.2) is 24.1 Å². The van der Waals surface area contributed by atoms with Crippen LogP contribution in [-0.4, -0.2) is 12.5 Å². The first kappa shape index (κ1) is 18.3. The standard InChI is InChI=1S/C20H14F3NO3/c21-16-10-11-17(20(23)19(16)22)24-18(25)12-26-13-6-8-15(9-7-13)27-14-4-2-1-3-5-14/h1-11H,12H2,(H,24,25). The second kappa shape index (κ2) is 8.27. The van der Waals surface area contributed by atoms with Gasteiger partial charge in [-0.3, -0.25) is 4.79 Å². The summed E-state index contributed by atoms with van der Waals surface area (Å²) in [4.78, 5) is 11.8. The largest absolute Gasteiger partial charge is 0.484 e. The van der Waals surface area contributed by atoms with E-state index in [1.165, 1.54) is 0 Å². The number of ether oxygens (including phenoxy) is 2. The molecule has 0 heterocycles. The predicted molar refractivity (Wildman–Crippen MR) is 93.4 cm³/mol. The molecule has 0 unspecified atom stereocenters. The van der Waals surface area contributed by atoms with Crippen molar-refractivity contribution in [1.29, 1.82) is 0 Å². The number of halogens is 3. The van der Waals surface area contributed by atoms with E-state index >= 15 is 0 Å². The Hall–Kier alpha value is -3.48. The number of hydrogen-bond acceptors (Lipinski definition) is 3. The lowest BCUT2D eigenvalue weighted by Gasteiger charge is -2.10. The summed E-state index contributed by atoms with van der Waals surface area (Å²) in [5, 5.41) is 2.12. The summed E-state index contributed by atoms with van der Waals surface area (Å²) in [5.41, 5.74) is -0.464. The van der Waals surface area contributed by atoms with E-state index in [0.29, 0.717) is 17.2 Å².